The molecule has 0 amide bonds. The van der Waals surface area contributed by atoms with E-state index in [1.54, 1.807) is 0 Å². The van der Waals surface area contributed by atoms with Crippen LogP contribution < -0.4 is 5.73 Å². The monoisotopic (exact) mass is 239 g/mol. The predicted molar refractivity (Wildman–Crippen MR) is 67.4 cm³/mol. The number of ether oxygens (including phenoxy) is 1. The van der Waals surface area contributed by atoms with Crippen LogP contribution in [0.15, 0.2) is 0 Å². The summed E-state index contributed by atoms with van der Waals surface area (Å²) in [6.45, 7) is 5.80. The third kappa shape index (κ3) is 3.44. The molecule has 98 valence electrons. The zero-order valence-electron chi connectivity index (χ0n) is 11.2. The molecule has 3 heteroatoms. The molecule has 2 aliphatic carbocycles. The van der Waals surface area contributed by atoms with Gasteiger partial charge in [-0.3, -0.25) is 4.79 Å². The summed E-state index contributed by atoms with van der Waals surface area (Å²) in [5, 5.41) is 0. The van der Waals surface area contributed by atoms with Gasteiger partial charge in [0.1, 0.15) is 5.60 Å². The number of carbonyl (C=O) groups excluding carboxylic acids is 1. The lowest BCUT2D eigenvalue weighted by Crippen LogP contribution is -2.29. The number of rotatable bonds is 2. The molecular formula is C14H25NO2. The molecule has 0 heterocycles. The fraction of sp³-hybridized carbons (Fsp3) is 0.929. The van der Waals surface area contributed by atoms with Crippen molar-refractivity contribution in [1.29, 1.82) is 0 Å². The van der Waals surface area contributed by atoms with E-state index in [2.05, 4.69) is 0 Å². The van der Waals surface area contributed by atoms with E-state index in [1.165, 1.54) is 12.8 Å². The van der Waals surface area contributed by atoms with Crippen LogP contribution in [0.5, 0.6) is 0 Å². The van der Waals surface area contributed by atoms with Gasteiger partial charge in [-0.1, -0.05) is 0 Å². The van der Waals surface area contributed by atoms with Crippen LogP contribution in [0.3, 0.4) is 0 Å². The van der Waals surface area contributed by atoms with Crippen LogP contribution in [0.4, 0.5) is 0 Å². The zero-order valence-corrected chi connectivity index (χ0v) is 11.2. The minimum atomic E-state index is -0.348. The zero-order chi connectivity index (χ0) is 12.6. The molecule has 2 N–H and O–H groups in total. The van der Waals surface area contributed by atoms with Crippen molar-refractivity contribution in [2.24, 2.45) is 23.5 Å². The second-order valence-corrected chi connectivity index (χ2v) is 6.71. The van der Waals surface area contributed by atoms with Gasteiger partial charge in [0.25, 0.3) is 0 Å². The highest BCUT2D eigenvalue weighted by atomic mass is 16.6. The average Bonchev–Trinajstić information content (AvgIpc) is 2.96. The largest absolute Gasteiger partial charge is 0.460 e. The van der Waals surface area contributed by atoms with E-state index in [9.17, 15) is 4.79 Å². The Labute approximate surface area is 104 Å². The quantitative estimate of drug-likeness (QED) is 0.753. The van der Waals surface area contributed by atoms with Gasteiger partial charge in [-0.05, 0) is 64.7 Å². The maximum atomic E-state index is 11.9. The molecule has 2 aliphatic rings. The number of hydrogen-bond acceptors (Lipinski definition) is 3. The number of hydrogen-bond donors (Lipinski definition) is 1. The Morgan fingerprint density at radius 3 is 2.29 bits per heavy atom. The minimum absolute atomic E-state index is 0.0115. The smallest absolute Gasteiger partial charge is 0.309 e. The molecule has 17 heavy (non-hydrogen) atoms. The molecule has 0 bridgehead atoms. The molecule has 2 atom stereocenters. The first-order valence-electron chi connectivity index (χ1n) is 6.85. The summed E-state index contributed by atoms with van der Waals surface area (Å²) < 4.78 is 5.44. The van der Waals surface area contributed by atoms with Gasteiger partial charge in [0, 0.05) is 6.04 Å². The number of nitrogens with two attached hydrogens (primary N) is 1. The maximum absolute atomic E-state index is 11.9. The molecule has 2 saturated carbocycles. The molecule has 0 aromatic heterocycles. The van der Waals surface area contributed by atoms with E-state index >= 15 is 0 Å². The summed E-state index contributed by atoms with van der Waals surface area (Å²) in [7, 11) is 0. The third-order valence-electron chi connectivity index (χ3n) is 3.97. The molecule has 0 aliphatic heterocycles. The fourth-order valence-corrected chi connectivity index (χ4v) is 2.96. The SMILES string of the molecule is CC(C)(C)OC(=O)[C@@H]1C[C@H]1C1CCC(N)CC1. The summed E-state index contributed by atoms with van der Waals surface area (Å²) in [5.41, 5.74) is 5.56. The Hall–Kier alpha value is -0.570. The normalized spacial score (nSPS) is 37.6. The van der Waals surface area contributed by atoms with Gasteiger partial charge in [0.2, 0.25) is 0 Å². The maximum Gasteiger partial charge on any atom is 0.309 e. The molecule has 2 fully saturated rings. The first-order chi connectivity index (χ1) is 7.87. The standard InChI is InChI=1S/C14H25NO2/c1-14(2,3)17-13(16)12-8-11(12)9-4-6-10(15)7-5-9/h9-12H,4-8,15H2,1-3H3/t9?,10?,11-,12+/m0/s1. The molecule has 0 radical (unpaired) electrons. The predicted octanol–water partition coefficient (Wildman–Crippen LogP) is 2.48. The average molecular weight is 239 g/mol. The van der Waals surface area contributed by atoms with Gasteiger partial charge in [0.15, 0.2) is 0 Å². The van der Waals surface area contributed by atoms with E-state index < -0.39 is 0 Å². The summed E-state index contributed by atoms with van der Waals surface area (Å²) >= 11 is 0. The van der Waals surface area contributed by atoms with E-state index in [0.29, 0.717) is 17.9 Å². The Kier molecular flexibility index (Phi) is 3.48. The lowest BCUT2D eigenvalue weighted by molar-refractivity contribution is -0.157. The molecule has 3 nitrogen and oxygen atoms in total. The van der Waals surface area contributed by atoms with Crippen molar-refractivity contribution >= 4 is 5.97 Å². The fourth-order valence-electron chi connectivity index (χ4n) is 2.96. The van der Waals surface area contributed by atoms with Crippen molar-refractivity contribution in [3.05, 3.63) is 0 Å². The summed E-state index contributed by atoms with van der Waals surface area (Å²) in [4.78, 5) is 11.9. The first-order valence-corrected chi connectivity index (χ1v) is 6.85. The van der Waals surface area contributed by atoms with Gasteiger partial charge in [-0.25, -0.2) is 0 Å². The topological polar surface area (TPSA) is 52.3 Å². The molecule has 0 saturated heterocycles. The van der Waals surface area contributed by atoms with Gasteiger partial charge in [-0.2, -0.15) is 0 Å². The van der Waals surface area contributed by atoms with E-state index in [4.69, 9.17) is 10.5 Å². The van der Waals surface area contributed by atoms with Crippen LogP contribution in [-0.4, -0.2) is 17.6 Å². The highest BCUT2D eigenvalue weighted by Crippen LogP contribution is 2.50. The van der Waals surface area contributed by atoms with Gasteiger partial charge in [0.05, 0.1) is 5.92 Å². The first kappa shape index (κ1) is 12.9. The van der Waals surface area contributed by atoms with Crippen LogP contribution in [-0.2, 0) is 9.53 Å². The van der Waals surface area contributed by atoms with Gasteiger partial charge >= 0.3 is 5.97 Å². The summed E-state index contributed by atoms with van der Waals surface area (Å²) in [5.74, 6) is 1.48. The Balaban J connectivity index is 1.78. The molecule has 0 aromatic rings. The molecule has 2 rings (SSSR count). The van der Waals surface area contributed by atoms with Crippen molar-refractivity contribution in [3.8, 4) is 0 Å². The van der Waals surface area contributed by atoms with Crippen LogP contribution in [0.25, 0.3) is 0 Å². The van der Waals surface area contributed by atoms with Gasteiger partial charge in [-0.15, -0.1) is 0 Å². The lowest BCUT2D eigenvalue weighted by atomic mass is 9.83. The second-order valence-electron chi connectivity index (χ2n) is 6.71. The molecule has 0 aromatic carbocycles. The van der Waals surface area contributed by atoms with Crippen LogP contribution >= 0.6 is 0 Å². The van der Waals surface area contributed by atoms with Crippen molar-refractivity contribution in [1.82, 2.24) is 0 Å². The Morgan fingerprint density at radius 2 is 1.76 bits per heavy atom. The molecule has 0 unspecified atom stereocenters. The van der Waals surface area contributed by atoms with E-state index in [0.717, 1.165) is 19.3 Å². The lowest BCUT2D eigenvalue weighted by Gasteiger charge is -2.26. The third-order valence-corrected chi connectivity index (χ3v) is 3.97. The molecular weight excluding hydrogens is 214 g/mol. The second kappa shape index (κ2) is 4.60. The summed E-state index contributed by atoms with van der Waals surface area (Å²) in [6.07, 6.45) is 5.69. The van der Waals surface area contributed by atoms with Crippen LogP contribution in [0, 0.1) is 17.8 Å². The van der Waals surface area contributed by atoms with E-state index in [1.807, 2.05) is 20.8 Å². The van der Waals surface area contributed by atoms with E-state index in [-0.39, 0.29) is 17.5 Å². The molecule has 0 spiro atoms. The Morgan fingerprint density at radius 1 is 1.18 bits per heavy atom. The number of carbonyl (C=O) groups is 1. The van der Waals surface area contributed by atoms with Crippen LogP contribution in [0.2, 0.25) is 0 Å². The highest BCUT2D eigenvalue weighted by Gasteiger charge is 2.49. The van der Waals surface area contributed by atoms with Crippen LogP contribution in [0.1, 0.15) is 52.9 Å². The minimum Gasteiger partial charge on any atom is -0.460 e. The number of esters is 1. The van der Waals surface area contributed by atoms with Gasteiger partial charge < -0.3 is 10.5 Å². The summed E-state index contributed by atoms with van der Waals surface area (Å²) in [6, 6.07) is 0.393. The van der Waals surface area contributed by atoms with Crippen molar-refractivity contribution in [3.63, 3.8) is 0 Å². The Bertz CT molecular complexity index is 287. The van der Waals surface area contributed by atoms with Crippen molar-refractivity contribution in [2.45, 2.75) is 64.5 Å². The van der Waals surface area contributed by atoms with Crippen molar-refractivity contribution < 1.29 is 9.53 Å². The highest BCUT2D eigenvalue weighted by molar-refractivity contribution is 5.76. The van der Waals surface area contributed by atoms with Crippen molar-refractivity contribution in [2.75, 3.05) is 0 Å².